The van der Waals surface area contributed by atoms with Crippen molar-refractivity contribution in [2.75, 3.05) is 31.6 Å². The monoisotopic (exact) mass is 548 g/mol. The van der Waals surface area contributed by atoms with Crippen molar-refractivity contribution in [3.05, 3.63) is 88.6 Å². The number of hydrogen-bond donors (Lipinski definition) is 2. The van der Waals surface area contributed by atoms with Crippen LogP contribution in [0.2, 0.25) is 0 Å². The lowest BCUT2D eigenvalue weighted by Gasteiger charge is -2.39. The fraction of sp³-hybridized carbons (Fsp3) is 0.394. The highest BCUT2D eigenvalue weighted by Crippen LogP contribution is 2.45. The standard InChI is InChI=1S/C33H36N6O2/c1-22-18-23(20-40)2-7-28(22)33(24-9-12-34-13-10-24)11-8-29-27(19-33)30-31(35-21-36-32(30)38-29)37-25-3-5-26(6-4-25)39-14-16-41-17-15-39/h2,7-13,18,20-21,25-26H,3-6,14-17,19H2,1H3,(H2,35,36,37,38)/t25-,26-,33?. The number of morpholine rings is 1. The van der Waals surface area contributed by atoms with Gasteiger partial charge in [0.15, 0.2) is 0 Å². The third-order valence-corrected chi connectivity index (χ3v) is 9.38. The molecule has 8 nitrogen and oxygen atoms in total. The Kier molecular flexibility index (Phi) is 6.88. The van der Waals surface area contributed by atoms with Gasteiger partial charge in [-0.05, 0) is 85.6 Å². The van der Waals surface area contributed by atoms with Crippen LogP contribution in [0.1, 0.15) is 64.0 Å². The smallest absolute Gasteiger partial charge is 0.150 e. The minimum absolute atomic E-state index is 0.387. The SMILES string of the molecule is Cc1cc(C=O)ccc1C1(c2ccncc2)C=Cc2[nH]c3ncnc(N[C@H]4CC[C@H](N5CCOCC5)CC4)c3c2C1. The first-order valence-electron chi connectivity index (χ1n) is 14.7. The maximum atomic E-state index is 11.5. The highest BCUT2D eigenvalue weighted by atomic mass is 16.5. The molecule has 2 N–H and O–H groups in total. The molecule has 0 radical (unpaired) electrons. The predicted molar refractivity (Wildman–Crippen MR) is 160 cm³/mol. The van der Waals surface area contributed by atoms with E-state index in [1.165, 1.54) is 29.5 Å². The number of aromatic nitrogens is 4. The van der Waals surface area contributed by atoms with E-state index in [0.717, 1.165) is 80.0 Å². The van der Waals surface area contributed by atoms with Crippen molar-refractivity contribution in [2.24, 2.45) is 0 Å². The molecule has 3 aromatic heterocycles. The summed E-state index contributed by atoms with van der Waals surface area (Å²) in [4.78, 5) is 31.4. The van der Waals surface area contributed by atoms with E-state index in [1.807, 2.05) is 24.5 Å². The number of nitrogens with zero attached hydrogens (tertiary/aromatic N) is 4. The van der Waals surface area contributed by atoms with Crippen LogP contribution < -0.4 is 5.32 Å². The van der Waals surface area contributed by atoms with E-state index in [4.69, 9.17) is 9.72 Å². The number of pyridine rings is 1. The first-order chi connectivity index (χ1) is 20.1. The average Bonchev–Trinajstić information content (AvgIpc) is 3.40. The van der Waals surface area contributed by atoms with Gasteiger partial charge in [-0.15, -0.1) is 0 Å². The normalized spacial score (nSPS) is 24.7. The van der Waals surface area contributed by atoms with E-state index >= 15 is 0 Å². The fourth-order valence-electron chi connectivity index (χ4n) is 7.27. The number of aryl methyl sites for hydroxylation is 1. The summed E-state index contributed by atoms with van der Waals surface area (Å²) in [5, 5.41) is 4.90. The van der Waals surface area contributed by atoms with Crippen molar-refractivity contribution < 1.29 is 9.53 Å². The molecule has 1 aromatic carbocycles. The lowest BCUT2D eigenvalue weighted by molar-refractivity contribution is 0.00791. The zero-order valence-electron chi connectivity index (χ0n) is 23.5. The average molecular weight is 549 g/mol. The van der Waals surface area contributed by atoms with Crippen LogP contribution in [0, 0.1) is 6.92 Å². The quantitative estimate of drug-likeness (QED) is 0.324. The number of carbonyl (C=O) groups excluding carboxylic acids is 1. The fourth-order valence-corrected chi connectivity index (χ4v) is 7.27. The number of rotatable bonds is 6. The Hall–Kier alpha value is -3.88. The number of nitrogens with one attached hydrogen (secondary N) is 2. The number of fused-ring (bicyclic) bond motifs is 3. The molecular weight excluding hydrogens is 512 g/mol. The van der Waals surface area contributed by atoms with E-state index in [-0.39, 0.29) is 0 Å². The second-order valence-corrected chi connectivity index (χ2v) is 11.7. The van der Waals surface area contributed by atoms with E-state index < -0.39 is 5.41 Å². The van der Waals surface area contributed by atoms with Gasteiger partial charge in [0.05, 0.1) is 18.6 Å². The number of benzene rings is 1. The molecule has 210 valence electrons. The summed E-state index contributed by atoms with van der Waals surface area (Å²) in [5.74, 6) is 0.911. The number of hydrogen-bond acceptors (Lipinski definition) is 7. The van der Waals surface area contributed by atoms with Crippen molar-refractivity contribution in [1.82, 2.24) is 24.8 Å². The molecule has 4 aromatic rings. The Morgan fingerprint density at radius 1 is 1.07 bits per heavy atom. The number of aldehydes is 1. The van der Waals surface area contributed by atoms with E-state index in [0.29, 0.717) is 17.6 Å². The molecule has 1 saturated carbocycles. The molecule has 41 heavy (non-hydrogen) atoms. The second-order valence-electron chi connectivity index (χ2n) is 11.7. The van der Waals surface area contributed by atoms with Crippen molar-refractivity contribution >= 4 is 29.2 Å². The van der Waals surface area contributed by atoms with Crippen LogP contribution in [0.25, 0.3) is 17.1 Å². The van der Waals surface area contributed by atoms with Gasteiger partial charge in [-0.1, -0.05) is 18.2 Å². The van der Waals surface area contributed by atoms with E-state index in [1.54, 1.807) is 6.33 Å². The molecule has 0 spiro atoms. The molecule has 2 fully saturated rings. The summed E-state index contributed by atoms with van der Waals surface area (Å²) >= 11 is 0. The zero-order chi connectivity index (χ0) is 27.8. The Morgan fingerprint density at radius 3 is 2.63 bits per heavy atom. The van der Waals surface area contributed by atoms with Gasteiger partial charge in [-0.25, -0.2) is 9.97 Å². The molecule has 1 aliphatic heterocycles. The van der Waals surface area contributed by atoms with Crippen molar-refractivity contribution in [1.29, 1.82) is 0 Å². The van der Waals surface area contributed by atoms with Crippen LogP contribution in [0.15, 0.2) is 55.1 Å². The summed E-state index contributed by atoms with van der Waals surface area (Å²) in [6, 6.07) is 11.2. The van der Waals surface area contributed by atoms with E-state index in [9.17, 15) is 4.79 Å². The Labute approximate surface area is 240 Å². The minimum Gasteiger partial charge on any atom is -0.379 e. The van der Waals surface area contributed by atoms with Crippen LogP contribution in [0.5, 0.6) is 0 Å². The summed E-state index contributed by atoms with van der Waals surface area (Å²) in [5.41, 5.74) is 6.85. The second kappa shape index (κ2) is 10.8. The number of aromatic amines is 1. The van der Waals surface area contributed by atoms with Gasteiger partial charge in [0, 0.05) is 54.2 Å². The minimum atomic E-state index is -0.417. The van der Waals surface area contributed by atoms with Gasteiger partial charge in [0.25, 0.3) is 0 Å². The summed E-state index contributed by atoms with van der Waals surface area (Å²) in [6.45, 7) is 5.90. The van der Waals surface area contributed by atoms with Crippen LogP contribution in [0.4, 0.5) is 5.82 Å². The van der Waals surface area contributed by atoms with Crippen LogP contribution >= 0.6 is 0 Å². The molecule has 1 unspecified atom stereocenters. The Bertz CT molecular complexity index is 1580. The van der Waals surface area contributed by atoms with Crippen LogP contribution in [-0.4, -0.2) is 69.5 Å². The molecule has 4 heterocycles. The number of carbonyl (C=O) groups is 1. The zero-order valence-corrected chi connectivity index (χ0v) is 23.5. The van der Waals surface area contributed by atoms with Gasteiger partial charge >= 0.3 is 0 Å². The van der Waals surface area contributed by atoms with Crippen molar-refractivity contribution in [3.63, 3.8) is 0 Å². The highest BCUT2D eigenvalue weighted by Gasteiger charge is 2.38. The van der Waals surface area contributed by atoms with Gasteiger partial charge < -0.3 is 15.0 Å². The van der Waals surface area contributed by atoms with Crippen molar-refractivity contribution in [3.8, 4) is 0 Å². The molecule has 0 bridgehead atoms. The molecule has 0 amide bonds. The van der Waals surface area contributed by atoms with E-state index in [2.05, 4.69) is 62.4 Å². The molecule has 1 saturated heterocycles. The molecule has 7 rings (SSSR count). The van der Waals surface area contributed by atoms with Crippen LogP contribution in [-0.2, 0) is 16.6 Å². The third-order valence-electron chi connectivity index (χ3n) is 9.38. The first kappa shape index (κ1) is 26.0. The van der Waals surface area contributed by atoms with Crippen molar-refractivity contribution in [2.45, 2.75) is 56.5 Å². The maximum absolute atomic E-state index is 11.5. The number of ether oxygens (including phenoxy) is 1. The molecule has 1 atom stereocenters. The largest absolute Gasteiger partial charge is 0.379 e. The van der Waals surface area contributed by atoms with Gasteiger partial charge in [-0.2, -0.15) is 0 Å². The Balaban J connectivity index is 1.23. The lowest BCUT2D eigenvalue weighted by Crippen LogP contribution is -2.46. The molecule has 8 heteroatoms. The summed E-state index contributed by atoms with van der Waals surface area (Å²) in [7, 11) is 0. The molecule has 3 aliphatic rings. The summed E-state index contributed by atoms with van der Waals surface area (Å²) < 4.78 is 5.56. The molecular formula is C33H36N6O2. The predicted octanol–water partition coefficient (Wildman–Crippen LogP) is 5.08. The number of allylic oxidation sites excluding steroid dienone is 1. The molecule has 2 aliphatic carbocycles. The maximum Gasteiger partial charge on any atom is 0.150 e. The van der Waals surface area contributed by atoms with Crippen LogP contribution in [0.3, 0.4) is 0 Å². The third kappa shape index (κ3) is 4.75. The topological polar surface area (TPSA) is 96.0 Å². The highest BCUT2D eigenvalue weighted by molar-refractivity contribution is 5.94. The van der Waals surface area contributed by atoms with Gasteiger partial charge in [-0.3, -0.25) is 14.7 Å². The number of H-pyrrole nitrogens is 1. The Morgan fingerprint density at radius 2 is 1.88 bits per heavy atom. The summed E-state index contributed by atoms with van der Waals surface area (Å²) in [6.07, 6.45) is 16.1. The number of anilines is 1. The van der Waals surface area contributed by atoms with Gasteiger partial charge in [0.2, 0.25) is 0 Å². The lowest BCUT2D eigenvalue weighted by atomic mass is 9.67. The van der Waals surface area contributed by atoms with Gasteiger partial charge in [0.1, 0.15) is 24.1 Å². The first-order valence-corrected chi connectivity index (χ1v) is 14.7.